The molecule has 0 unspecified atom stereocenters. The molecule has 0 spiro atoms. The Hall–Kier alpha value is -4.23. The number of ether oxygens (including phenoxy) is 3. The molecule has 5 atom stereocenters. The van der Waals surface area contributed by atoms with Gasteiger partial charge < -0.3 is 24.4 Å². The lowest BCUT2D eigenvalue weighted by Crippen LogP contribution is -2.54. The van der Waals surface area contributed by atoms with Gasteiger partial charge in [0.25, 0.3) is 0 Å². The number of allylic oxidation sites excluding steroid dienone is 1. The standard InChI is InChI=1S/C35H43F3N4O7/c1-5-47-32(46)34-19-22(34)14-10-8-6-7-9-13-21(17-27(43)49-33(2,3)4)31(45)42-20-23(18-26(42)29(44)41-34)48-30-28(35(36,37)38)39-24-15-11-12-16-25(24)40-30/h10-12,14-16,21-23,26H,5-9,13,17-20H2,1-4H3,(H,41,44)/b14-10-/t21-,22-,23-,26+,34-/m1/s1. The number of aromatic nitrogens is 2. The van der Waals surface area contributed by atoms with Crippen molar-refractivity contribution < 1.29 is 46.6 Å². The lowest BCUT2D eigenvalue weighted by atomic mass is 9.95. The first kappa shape index (κ1) is 36.1. The molecule has 1 N–H and O–H groups in total. The number of fused-ring (bicyclic) bond motifs is 3. The number of esters is 2. The number of nitrogens with one attached hydrogen (secondary N) is 1. The number of rotatable bonds is 6. The predicted molar refractivity (Wildman–Crippen MR) is 171 cm³/mol. The second-order valence-corrected chi connectivity index (χ2v) is 13.9. The van der Waals surface area contributed by atoms with E-state index in [0.29, 0.717) is 19.3 Å². The van der Waals surface area contributed by atoms with Gasteiger partial charge in [0, 0.05) is 18.3 Å². The molecule has 1 aromatic heterocycles. The average Bonchev–Trinajstić information content (AvgIpc) is 3.54. The van der Waals surface area contributed by atoms with Gasteiger partial charge in [-0.2, -0.15) is 13.2 Å². The van der Waals surface area contributed by atoms with Crippen molar-refractivity contribution in [3.8, 4) is 5.88 Å². The zero-order valence-electron chi connectivity index (χ0n) is 28.2. The molecule has 2 aromatic rings. The molecule has 1 aromatic carbocycles. The molecule has 3 aliphatic rings. The monoisotopic (exact) mass is 688 g/mol. The SMILES string of the molecule is CCOC(=O)[C@@]12C[C@H]1/C=C\CCCCC[C@H](CC(=O)OC(C)(C)C)C(=O)N1C[C@H](Oc3nc4ccccc4nc3C(F)(F)F)C[C@H]1C(=O)N2. The summed E-state index contributed by atoms with van der Waals surface area (Å²) in [6, 6.07) is 4.83. The molecule has 0 bridgehead atoms. The van der Waals surface area contributed by atoms with Crippen molar-refractivity contribution in [2.75, 3.05) is 13.2 Å². The summed E-state index contributed by atoms with van der Waals surface area (Å²) in [6.45, 7) is 6.64. The van der Waals surface area contributed by atoms with Crippen LogP contribution in [0.2, 0.25) is 0 Å². The highest BCUT2D eigenvalue weighted by Crippen LogP contribution is 2.46. The van der Waals surface area contributed by atoms with Crippen LogP contribution >= 0.6 is 0 Å². The molecule has 2 aliphatic heterocycles. The Morgan fingerprint density at radius 2 is 1.78 bits per heavy atom. The normalized spacial score (nSPS) is 27.2. The summed E-state index contributed by atoms with van der Waals surface area (Å²) in [6.07, 6.45) is 1.01. The van der Waals surface area contributed by atoms with Crippen LogP contribution in [0.3, 0.4) is 0 Å². The quantitative estimate of drug-likeness (QED) is 0.317. The Kier molecular flexibility index (Phi) is 10.5. The Morgan fingerprint density at radius 1 is 1.06 bits per heavy atom. The van der Waals surface area contributed by atoms with Crippen molar-refractivity contribution in [2.45, 2.75) is 109 Å². The molecule has 11 nitrogen and oxygen atoms in total. The highest BCUT2D eigenvalue weighted by Gasteiger charge is 2.62. The first-order chi connectivity index (χ1) is 23.1. The van der Waals surface area contributed by atoms with E-state index in [0.717, 1.165) is 19.3 Å². The molecule has 49 heavy (non-hydrogen) atoms. The third-order valence-electron chi connectivity index (χ3n) is 8.91. The number of amides is 2. The van der Waals surface area contributed by atoms with E-state index in [9.17, 15) is 32.3 Å². The average molecular weight is 689 g/mol. The molecule has 2 amide bonds. The topological polar surface area (TPSA) is 137 Å². The van der Waals surface area contributed by atoms with Crippen molar-refractivity contribution in [1.29, 1.82) is 0 Å². The smallest absolute Gasteiger partial charge is 0.438 e. The van der Waals surface area contributed by atoms with E-state index < -0.39 is 70.7 Å². The number of hydrogen-bond acceptors (Lipinski definition) is 9. The fourth-order valence-corrected chi connectivity index (χ4v) is 6.52. The Morgan fingerprint density at radius 3 is 2.45 bits per heavy atom. The highest BCUT2D eigenvalue weighted by molar-refractivity contribution is 5.96. The lowest BCUT2D eigenvalue weighted by Gasteiger charge is -2.29. The van der Waals surface area contributed by atoms with Crippen LogP contribution in [0.15, 0.2) is 36.4 Å². The maximum atomic E-state index is 14.3. The van der Waals surface area contributed by atoms with E-state index in [-0.39, 0.29) is 42.9 Å². The molecule has 1 aliphatic carbocycles. The van der Waals surface area contributed by atoms with E-state index in [1.54, 1.807) is 39.8 Å². The zero-order valence-corrected chi connectivity index (χ0v) is 28.2. The van der Waals surface area contributed by atoms with Crippen LogP contribution < -0.4 is 10.1 Å². The van der Waals surface area contributed by atoms with Gasteiger partial charge in [0.05, 0.1) is 30.6 Å². The van der Waals surface area contributed by atoms with E-state index in [1.807, 2.05) is 12.2 Å². The van der Waals surface area contributed by atoms with Crippen LogP contribution in [0.5, 0.6) is 5.88 Å². The van der Waals surface area contributed by atoms with Crippen molar-refractivity contribution >= 4 is 34.8 Å². The summed E-state index contributed by atoms with van der Waals surface area (Å²) < 4.78 is 59.1. The number of carbonyl (C=O) groups is 4. The third kappa shape index (κ3) is 8.50. The molecule has 0 radical (unpaired) electrons. The predicted octanol–water partition coefficient (Wildman–Crippen LogP) is 5.30. The number of halogens is 3. The number of alkyl halides is 3. The third-order valence-corrected chi connectivity index (χ3v) is 8.91. The minimum Gasteiger partial charge on any atom is -0.471 e. The number of carbonyl (C=O) groups excluding carboxylic acids is 4. The largest absolute Gasteiger partial charge is 0.471 e. The van der Waals surface area contributed by atoms with Gasteiger partial charge in [-0.05, 0) is 65.5 Å². The fourth-order valence-electron chi connectivity index (χ4n) is 6.52. The van der Waals surface area contributed by atoms with E-state index in [2.05, 4.69) is 15.3 Å². The Balaban J connectivity index is 1.49. The molecule has 2 fully saturated rings. The van der Waals surface area contributed by atoms with Gasteiger partial charge in [-0.3, -0.25) is 14.4 Å². The first-order valence-electron chi connectivity index (χ1n) is 16.8. The van der Waals surface area contributed by atoms with Crippen LogP contribution in [0.4, 0.5) is 13.2 Å². The van der Waals surface area contributed by atoms with Crippen LogP contribution in [-0.4, -0.2) is 75.1 Å². The summed E-state index contributed by atoms with van der Waals surface area (Å²) in [5.41, 5.74) is -3.25. The van der Waals surface area contributed by atoms with Gasteiger partial charge in [-0.25, -0.2) is 14.8 Å². The molecule has 266 valence electrons. The van der Waals surface area contributed by atoms with Gasteiger partial charge in [-0.15, -0.1) is 0 Å². The van der Waals surface area contributed by atoms with Crippen molar-refractivity contribution in [1.82, 2.24) is 20.2 Å². The summed E-state index contributed by atoms with van der Waals surface area (Å²) in [7, 11) is 0. The highest BCUT2D eigenvalue weighted by atomic mass is 19.4. The molecule has 14 heteroatoms. The second kappa shape index (κ2) is 14.3. The molecule has 3 heterocycles. The lowest BCUT2D eigenvalue weighted by molar-refractivity contribution is -0.159. The summed E-state index contributed by atoms with van der Waals surface area (Å²) in [5.74, 6) is -4.33. The van der Waals surface area contributed by atoms with Gasteiger partial charge in [0.1, 0.15) is 23.3 Å². The number of hydrogen-bond donors (Lipinski definition) is 1. The zero-order chi connectivity index (χ0) is 35.6. The maximum absolute atomic E-state index is 14.3. The minimum atomic E-state index is -4.90. The minimum absolute atomic E-state index is 0.0260. The molecular weight excluding hydrogens is 645 g/mol. The van der Waals surface area contributed by atoms with Crippen LogP contribution in [0.25, 0.3) is 11.0 Å². The number of nitrogens with zero attached hydrogens (tertiary/aromatic N) is 3. The summed E-state index contributed by atoms with van der Waals surface area (Å²) in [5, 5.41) is 2.83. The summed E-state index contributed by atoms with van der Waals surface area (Å²) in [4.78, 5) is 63.5. The molecule has 5 rings (SSSR count). The summed E-state index contributed by atoms with van der Waals surface area (Å²) >= 11 is 0. The van der Waals surface area contributed by atoms with Crippen molar-refractivity contribution in [3.63, 3.8) is 0 Å². The Labute approximate surface area is 282 Å². The Bertz CT molecular complexity index is 1610. The van der Waals surface area contributed by atoms with Crippen LogP contribution in [-0.2, 0) is 34.8 Å². The van der Waals surface area contributed by atoms with Crippen LogP contribution in [0.1, 0.15) is 84.8 Å². The van der Waals surface area contributed by atoms with Gasteiger partial charge in [-0.1, -0.05) is 37.1 Å². The van der Waals surface area contributed by atoms with Gasteiger partial charge >= 0.3 is 18.1 Å². The first-order valence-corrected chi connectivity index (χ1v) is 16.8. The second-order valence-electron chi connectivity index (χ2n) is 13.9. The maximum Gasteiger partial charge on any atom is 0.438 e. The fraction of sp³-hybridized carbons (Fsp3) is 0.600. The van der Waals surface area contributed by atoms with Crippen molar-refractivity contribution in [2.24, 2.45) is 11.8 Å². The van der Waals surface area contributed by atoms with Gasteiger partial charge in [0.2, 0.25) is 23.4 Å². The van der Waals surface area contributed by atoms with E-state index >= 15 is 0 Å². The molecule has 1 saturated heterocycles. The van der Waals surface area contributed by atoms with Crippen LogP contribution in [0, 0.1) is 11.8 Å². The number of benzene rings is 1. The van der Waals surface area contributed by atoms with E-state index in [4.69, 9.17) is 14.2 Å². The molecular formula is C35H43F3N4O7. The van der Waals surface area contributed by atoms with Crippen molar-refractivity contribution in [3.05, 3.63) is 42.1 Å². The van der Waals surface area contributed by atoms with E-state index in [1.165, 1.54) is 17.0 Å². The molecule has 1 saturated carbocycles. The van der Waals surface area contributed by atoms with Gasteiger partial charge in [0.15, 0.2) is 0 Å². The number of para-hydroxylation sites is 2.